The molecule has 1 aliphatic rings. The molecule has 1 aromatic rings. The van der Waals surface area contributed by atoms with Gasteiger partial charge in [0.05, 0.1) is 11.9 Å². The first-order chi connectivity index (χ1) is 8.59. The smallest absolute Gasteiger partial charge is 0.326 e. The monoisotopic (exact) mass is 250 g/mol. The highest BCUT2D eigenvalue weighted by atomic mass is 16.4. The van der Waals surface area contributed by atoms with Crippen molar-refractivity contribution in [3.8, 4) is 0 Å². The van der Waals surface area contributed by atoms with Crippen LogP contribution >= 0.6 is 0 Å². The third kappa shape index (κ3) is 2.85. The van der Waals surface area contributed by atoms with Gasteiger partial charge in [-0.2, -0.15) is 0 Å². The molecule has 5 heteroatoms. The maximum absolute atomic E-state index is 11.6. The number of carbonyl (C=O) groups excluding carboxylic acids is 1. The van der Waals surface area contributed by atoms with Gasteiger partial charge in [-0.3, -0.25) is 14.7 Å². The highest BCUT2D eigenvalue weighted by Gasteiger charge is 2.37. The van der Waals surface area contributed by atoms with Gasteiger partial charge in [-0.15, -0.1) is 0 Å². The van der Waals surface area contributed by atoms with Crippen LogP contribution in [0.3, 0.4) is 0 Å². The van der Waals surface area contributed by atoms with Crippen molar-refractivity contribution in [2.24, 2.45) is 0 Å². The van der Waals surface area contributed by atoms with Crippen LogP contribution < -0.4 is 4.90 Å². The van der Waals surface area contributed by atoms with Gasteiger partial charge >= 0.3 is 5.97 Å². The Morgan fingerprint density at radius 2 is 2.11 bits per heavy atom. The van der Waals surface area contributed by atoms with E-state index < -0.39 is 12.0 Å². The average molecular weight is 250 g/mol. The highest BCUT2D eigenvalue weighted by Crippen LogP contribution is 2.26. The first-order valence-corrected chi connectivity index (χ1v) is 6.07. The maximum Gasteiger partial charge on any atom is 0.326 e. The van der Waals surface area contributed by atoms with Crippen LogP contribution in [0.2, 0.25) is 0 Å². The van der Waals surface area contributed by atoms with Crippen molar-refractivity contribution < 1.29 is 14.7 Å². The van der Waals surface area contributed by atoms with E-state index in [1.54, 1.807) is 12.1 Å². The van der Waals surface area contributed by atoms with Gasteiger partial charge in [0.2, 0.25) is 5.91 Å². The molecule has 1 amide bonds. The average Bonchev–Trinajstić information content (AvgIpc) is 2.75. The van der Waals surface area contributed by atoms with Gasteiger partial charge in [-0.1, -0.05) is 13.8 Å². The van der Waals surface area contributed by atoms with Crippen molar-refractivity contribution in [2.75, 3.05) is 4.90 Å². The summed E-state index contributed by atoms with van der Waals surface area (Å²) in [5, 5.41) is 9.00. The molecule has 5 nitrogen and oxygen atoms in total. The third-order valence-corrected chi connectivity index (χ3v) is 2.67. The second-order valence-corrected chi connectivity index (χ2v) is 3.81. The summed E-state index contributed by atoms with van der Waals surface area (Å²) in [6.07, 6.45) is 2.18. The van der Waals surface area contributed by atoms with E-state index in [0.29, 0.717) is 12.1 Å². The van der Waals surface area contributed by atoms with Crippen LogP contribution in [0.4, 0.5) is 5.69 Å². The normalized spacial score (nSPS) is 18.3. The van der Waals surface area contributed by atoms with E-state index in [2.05, 4.69) is 4.98 Å². The van der Waals surface area contributed by atoms with Crippen molar-refractivity contribution in [2.45, 2.75) is 39.7 Å². The number of carboxylic acids is 1. The molecule has 0 aromatic carbocycles. The minimum Gasteiger partial charge on any atom is -0.480 e. The Kier molecular flexibility index (Phi) is 4.83. The summed E-state index contributed by atoms with van der Waals surface area (Å²) in [7, 11) is 0. The van der Waals surface area contributed by atoms with Gasteiger partial charge in [0, 0.05) is 12.1 Å². The Hall–Kier alpha value is -1.91. The molecule has 0 aliphatic carbocycles. The number of aryl methyl sites for hydroxylation is 1. The number of carboxylic acid groups (broad SMARTS) is 1. The number of aliphatic carboxylic acids is 1. The predicted octanol–water partition coefficient (Wildman–Crippen LogP) is 2.00. The topological polar surface area (TPSA) is 70.5 Å². The number of rotatable bonds is 2. The minimum absolute atomic E-state index is 0.155. The van der Waals surface area contributed by atoms with Crippen LogP contribution in [0.15, 0.2) is 18.3 Å². The molecular formula is C13H18N2O3. The Labute approximate surface area is 106 Å². The molecule has 0 spiro atoms. The SMILES string of the molecule is CC.Cc1ccc(N2C(=O)CCC2C(=O)O)cn1. The zero-order chi connectivity index (χ0) is 13.7. The number of aromatic nitrogens is 1. The molecule has 2 rings (SSSR count). The molecule has 1 fully saturated rings. The minimum atomic E-state index is -0.966. The number of hydrogen-bond acceptors (Lipinski definition) is 3. The first-order valence-electron chi connectivity index (χ1n) is 6.07. The van der Waals surface area contributed by atoms with Crippen LogP contribution in [-0.2, 0) is 9.59 Å². The van der Waals surface area contributed by atoms with Crippen molar-refractivity contribution >= 4 is 17.6 Å². The molecule has 1 unspecified atom stereocenters. The number of hydrogen-bond donors (Lipinski definition) is 1. The van der Waals surface area contributed by atoms with E-state index in [9.17, 15) is 9.59 Å². The second kappa shape index (κ2) is 6.14. The third-order valence-electron chi connectivity index (χ3n) is 2.67. The second-order valence-electron chi connectivity index (χ2n) is 3.81. The number of anilines is 1. The number of pyridine rings is 1. The standard InChI is InChI=1S/C11H12N2O3.C2H6/c1-7-2-3-8(6-12-7)13-9(11(15)16)4-5-10(13)14;1-2/h2-3,6,9H,4-5H2,1H3,(H,15,16);1-2H3. The van der Waals surface area contributed by atoms with Crippen molar-refractivity contribution in [3.05, 3.63) is 24.0 Å². The lowest BCUT2D eigenvalue weighted by molar-refractivity contribution is -0.138. The molecule has 1 atom stereocenters. The fourth-order valence-electron chi connectivity index (χ4n) is 1.84. The quantitative estimate of drug-likeness (QED) is 0.871. The number of amides is 1. The summed E-state index contributed by atoms with van der Waals surface area (Å²) >= 11 is 0. The molecule has 0 saturated carbocycles. The van der Waals surface area contributed by atoms with Crippen LogP contribution in [0.1, 0.15) is 32.4 Å². The molecule has 98 valence electrons. The lowest BCUT2D eigenvalue weighted by atomic mass is 10.2. The lowest BCUT2D eigenvalue weighted by Gasteiger charge is -2.21. The Bertz CT molecular complexity index is 428. The first kappa shape index (κ1) is 14.2. The highest BCUT2D eigenvalue weighted by molar-refractivity contribution is 6.02. The summed E-state index contributed by atoms with van der Waals surface area (Å²) < 4.78 is 0. The Morgan fingerprint density at radius 1 is 1.44 bits per heavy atom. The van der Waals surface area contributed by atoms with E-state index in [1.807, 2.05) is 20.8 Å². The van der Waals surface area contributed by atoms with Gasteiger partial charge in [0.1, 0.15) is 6.04 Å². The summed E-state index contributed by atoms with van der Waals surface area (Å²) in [6.45, 7) is 5.84. The molecular weight excluding hydrogens is 232 g/mol. The summed E-state index contributed by atoms with van der Waals surface area (Å²) in [5.74, 6) is -1.12. The van der Waals surface area contributed by atoms with Crippen LogP contribution in [0.5, 0.6) is 0 Å². The van der Waals surface area contributed by atoms with E-state index in [1.165, 1.54) is 11.1 Å². The van der Waals surface area contributed by atoms with Crippen molar-refractivity contribution in [1.29, 1.82) is 0 Å². The molecule has 2 heterocycles. The fraction of sp³-hybridized carbons (Fsp3) is 0.462. The lowest BCUT2D eigenvalue weighted by Crippen LogP contribution is -2.38. The van der Waals surface area contributed by atoms with E-state index in [4.69, 9.17) is 5.11 Å². The molecule has 0 bridgehead atoms. The van der Waals surface area contributed by atoms with Gasteiger partial charge in [0.25, 0.3) is 0 Å². The zero-order valence-electron chi connectivity index (χ0n) is 10.9. The van der Waals surface area contributed by atoms with E-state index in [-0.39, 0.29) is 12.3 Å². The van der Waals surface area contributed by atoms with Gasteiger partial charge < -0.3 is 5.11 Å². The van der Waals surface area contributed by atoms with E-state index in [0.717, 1.165) is 5.69 Å². The van der Waals surface area contributed by atoms with Gasteiger partial charge in [0.15, 0.2) is 0 Å². The Balaban J connectivity index is 0.000000771. The molecule has 1 aliphatic heterocycles. The molecule has 1 saturated heterocycles. The summed E-state index contributed by atoms with van der Waals surface area (Å²) in [5.41, 5.74) is 1.39. The van der Waals surface area contributed by atoms with Crippen LogP contribution in [-0.4, -0.2) is 28.0 Å². The largest absolute Gasteiger partial charge is 0.480 e. The number of carbonyl (C=O) groups is 2. The van der Waals surface area contributed by atoms with Crippen LogP contribution in [0.25, 0.3) is 0 Å². The molecule has 1 aromatic heterocycles. The molecule has 1 N–H and O–H groups in total. The van der Waals surface area contributed by atoms with E-state index >= 15 is 0 Å². The zero-order valence-corrected chi connectivity index (χ0v) is 10.9. The van der Waals surface area contributed by atoms with Gasteiger partial charge in [-0.25, -0.2) is 4.79 Å². The van der Waals surface area contributed by atoms with Crippen molar-refractivity contribution in [1.82, 2.24) is 4.98 Å². The summed E-state index contributed by atoms with van der Waals surface area (Å²) in [6, 6.07) is 2.73. The summed E-state index contributed by atoms with van der Waals surface area (Å²) in [4.78, 5) is 28.0. The van der Waals surface area contributed by atoms with Crippen LogP contribution in [0, 0.1) is 6.92 Å². The van der Waals surface area contributed by atoms with Crippen molar-refractivity contribution in [3.63, 3.8) is 0 Å². The molecule has 0 radical (unpaired) electrons. The fourth-order valence-corrected chi connectivity index (χ4v) is 1.84. The molecule has 18 heavy (non-hydrogen) atoms. The van der Waals surface area contributed by atoms with Gasteiger partial charge in [-0.05, 0) is 25.5 Å². The predicted molar refractivity (Wildman–Crippen MR) is 68.5 cm³/mol. The maximum atomic E-state index is 11.6. The Morgan fingerprint density at radius 3 is 2.61 bits per heavy atom. The number of nitrogens with zero attached hydrogens (tertiary/aromatic N) is 2.